The molecule has 2 atom stereocenters. The summed E-state index contributed by atoms with van der Waals surface area (Å²) in [7, 11) is 0. The first kappa shape index (κ1) is 4.71. The van der Waals surface area contributed by atoms with Crippen LogP contribution >= 0.6 is 0 Å². The van der Waals surface area contributed by atoms with Crippen LogP contribution in [0.2, 0.25) is 0 Å². The average molecular weight is 118 g/mol. The Labute approximate surface area is 46.9 Å². The van der Waals surface area contributed by atoms with E-state index in [0.29, 0.717) is 5.92 Å². The summed E-state index contributed by atoms with van der Waals surface area (Å²) < 4.78 is 24.8. The maximum atomic E-state index is 12.4. The molecule has 0 aliphatic heterocycles. The molecule has 0 nitrogen and oxygen atoms in total. The lowest BCUT2D eigenvalue weighted by atomic mass is 10.2. The van der Waals surface area contributed by atoms with Crippen molar-refractivity contribution in [1.82, 2.24) is 0 Å². The van der Waals surface area contributed by atoms with E-state index in [4.69, 9.17) is 0 Å². The van der Waals surface area contributed by atoms with E-state index in [0.717, 1.165) is 12.8 Å². The van der Waals surface area contributed by atoms with E-state index in [1.807, 2.05) is 0 Å². The van der Waals surface area contributed by atoms with Gasteiger partial charge in [-0.2, -0.15) is 0 Å². The van der Waals surface area contributed by atoms with Gasteiger partial charge in [0.05, 0.1) is 0 Å². The van der Waals surface area contributed by atoms with Gasteiger partial charge >= 0.3 is 0 Å². The summed E-state index contributed by atoms with van der Waals surface area (Å²) >= 11 is 0. The number of halogens is 2. The van der Waals surface area contributed by atoms with E-state index < -0.39 is 5.92 Å². The molecular formula is C6H8F2. The molecule has 2 heteroatoms. The minimum Gasteiger partial charge on any atom is -0.207 e. The fraction of sp³-hybridized carbons (Fsp3) is 1.00. The molecule has 0 aromatic rings. The monoisotopic (exact) mass is 118 g/mol. The van der Waals surface area contributed by atoms with Crippen molar-refractivity contribution < 1.29 is 8.78 Å². The highest BCUT2D eigenvalue weighted by atomic mass is 19.3. The van der Waals surface area contributed by atoms with Gasteiger partial charge in [0, 0.05) is 12.3 Å². The normalized spacial score (nSPS) is 48.8. The van der Waals surface area contributed by atoms with E-state index in [9.17, 15) is 8.78 Å². The number of fused-ring (bicyclic) bond motifs is 1. The van der Waals surface area contributed by atoms with Gasteiger partial charge < -0.3 is 0 Å². The second kappa shape index (κ2) is 1.07. The zero-order chi connectivity index (χ0) is 5.78. The minimum atomic E-state index is -2.27. The van der Waals surface area contributed by atoms with Crippen molar-refractivity contribution in [3.05, 3.63) is 0 Å². The third-order valence-corrected chi connectivity index (χ3v) is 2.31. The quantitative estimate of drug-likeness (QED) is 0.456. The van der Waals surface area contributed by atoms with Gasteiger partial charge in [-0.3, -0.25) is 0 Å². The largest absolute Gasteiger partial charge is 0.251 e. The Balaban J connectivity index is 2.17. The summed E-state index contributed by atoms with van der Waals surface area (Å²) in [5.74, 6) is -2.07. The van der Waals surface area contributed by atoms with Crippen LogP contribution in [0.4, 0.5) is 8.78 Å². The summed E-state index contributed by atoms with van der Waals surface area (Å²) in [5, 5.41) is 0. The fourth-order valence-electron chi connectivity index (χ4n) is 1.65. The molecule has 46 valence electrons. The van der Waals surface area contributed by atoms with E-state index in [2.05, 4.69) is 0 Å². The molecular weight excluding hydrogens is 110 g/mol. The summed E-state index contributed by atoms with van der Waals surface area (Å²) in [4.78, 5) is 0. The predicted molar refractivity (Wildman–Crippen MR) is 25.8 cm³/mol. The predicted octanol–water partition coefficient (Wildman–Crippen LogP) is 2.05. The van der Waals surface area contributed by atoms with Gasteiger partial charge in [0.1, 0.15) is 0 Å². The Bertz CT molecular complexity index is 120. The van der Waals surface area contributed by atoms with Crippen LogP contribution in [0.5, 0.6) is 0 Å². The third-order valence-electron chi connectivity index (χ3n) is 2.31. The van der Waals surface area contributed by atoms with Crippen molar-refractivity contribution in [3.63, 3.8) is 0 Å². The van der Waals surface area contributed by atoms with Crippen LogP contribution < -0.4 is 0 Å². The topological polar surface area (TPSA) is 0 Å². The van der Waals surface area contributed by atoms with Crippen molar-refractivity contribution in [3.8, 4) is 0 Å². The minimum absolute atomic E-state index is 0.155. The van der Waals surface area contributed by atoms with Crippen molar-refractivity contribution in [1.29, 1.82) is 0 Å². The molecule has 2 unspecified atom stereocenters. The second-order valence-electron chi connectivity index (χ2n) is 2.90. The smallest absolute Gasteiger partial charge is 0.207 e. The third kappa shape index (κ3) is 0.434. The Morgan fingerprint density at radius 1 is 1.38 bits per heavy atom. The number of alkyl halides is 2. The van der Waals surface area contributed by atoms with Gasteiger partial charge in [-0.15, -0.1) is 0 Å². The standard InChI is InChI=1S/C6H8F2/c7-6(8)2-1-4-3-5(4)6/h4-5H,1-3H2. The number of hydrogen-bond donors (Lipinski definition) is 0. The van der Waals surface area contributed by atoms with Crippen LogP contribution in [0.3, 0.4) is 0 Å². The fourth-order valence-corrected chi connectivity index (χ4v) is 1.65. The summed E-state index contributed by atoms with van der Waals surface area (Å²) in [6.07, 6.45) is 1.73. The Kier molecular flexibility index (Phi) is 0.628. The highest BCUT2D eigenvalue weighted by molar-refractivity contribution is 5.02. The van der Waals surface area contributed by atoms with Crippen LogP contribution in [0.15, 0.2) is 0 Å². The van der Waals surface area contributed by atoms with Gasteiger partial charge in [0.15, 0.2) is 0 Å². The highest BCUT2D eigenvalue weighted by Gasteiger charge is 2.59. The van der Waals surface area contributed by atoms with Gasteiger partial charge in [0.25, 0.3) is 5.92 Å². The van der Waals surface area contributed by atoms with Crippen LogP contribution in [-0.2, 0) is 0 Å². The zero-order valence-electron chi connectivity index (χ0n) is 4.53. The Morgan fingerprint density at radius 3 is 2.25 bits per heavy atom. The molecule has 2 rings (SSSR count). The van der Waals surface area contributed by atoms with Gasteiger partial charge in [-0.25, -0.2) is 8.78 Å². The van der Waals surface area contributed by atoms with Crippen molar-refractivity contribution >= 4 is 0 Å². The first-order valence-electron chi connectivity index (χ1n) is 3.08. The molecule has 2 aliphatic carbocycles. The summed E-state index contributed by atoms with van der Waals surface area (Å²) in [5.41, 5.74) is 0. The maximum absolute atomic E-state index is 12.4. The number of hydrogen-bond acceptors (Lipinski definition) is 0. The van der Waals surface area contributed by atoms with Crippen molar-refractivity contribution in [2.75, 3.05) is 0 Å². The first-order chi connectivity index (χ1) is 3.70. The average Bonchev–Trinajstić information content (AvgIpc) is 2.34. The van der Waals surface area contributed by atoms with E-state index in [1.165, 1.54) is 0 Å². The zero-order valence-corrected chi connectivity index (χ0v) is 4.53. The van der Waals surface area contributed by atoms with Gasteiger partial charge in [-0.05, 0) is 18.8 Å². The molecule has 0 saturated heterocycles. The van der Waals surface area contributed by atoms with Crippen LogP contribution in [0, 0.1) is 11.8 Å². The van der Waals surface area contributed by atoms with Gasteiger partial charge in [-0.1, -0.05) is 0 Å². The Morgan fingerprint density at radius 2 is 2.12 bits per heavy atom. The maximum Gasteiger partial charge on any atom is 0.251 e. The molecule has 8 heavy (non-hydrogen) atoms. The van der Waals surface area contributed by atoms with E-state index in [-0.39, 0.29) is 12.3 Å². The molecule has 0 amide bonds. The Hall–Kier alpha value is -0.140. The first-order valence-corrected chi connectivity index (χ1v) is 3.08. The molecule has 0 aromatic carbocycles. The summed E-state index contributed by atoms with van der Waals surface area (Å²) in [6, 6.07) is 0. The second-order valence-corrected chi connectivity index (χ2v) is 2.90. The van der Waals surface area contributed by atoms with Crippen LogP contribution in [0.1, 0.15) is 19.3 Å². The molecule has 2 saturated carbocycles. The molecule has 0 spiro atoms. The lowest BCUT2D eigenvalue weighted by Crippen LogP contribution is -2.13. The molecule has 2 fully saturated rings. The molecule has 0 bridgehead atoms. The van der Waals surface area contributed by atoms with E-state index in [1.54, 1.807) is 0 Å². The van der Waals surface area contributed by atoms with Crippen molar-refractivity contribution in [2.24, 2.45) is 11.8 Å². The van der Waals surface area contributed by atoms with Crippen LogP contribution in [0.25, 0.3) is 0 Å². The van der Waals surface area contributed by atoms with Crippen LogP contribution in [-0.4, -0.2) is 5.92 Å². The van der Waals surface area contributed by atoms with Gasteiger partial charge in [0.2, 0.25) is 0 Å². The van der Waals surface area contributed by atoms with Crippen molar-refractivity contribution in [2.45, 2.75) is 25.2 Å². The molecule has 0 aromatic heterocycles. The number of rotatable bonds is 0. The lowest BCUT2D eigenvalue weighted by molar-refractivity contribution is -0.0142. The SMILES string of the molecule is FC1(F)CCC2CC21. The molecule has 2 aliphatic rings. The molecule has 0 N–H and O–H groups in total. The molecule has 0 heterocycles. The highest BCUT2D eigenvalue weighted by Crippen LogP contribution is 2.59. The lowest BCUT2D eigenvalue weighted by Gasteiger charge is -2.07. The summed E-state index contributed by atoms with van der Waals surface area (Å²) in [6.45, 7) is 0. The van der Waals surface area contributed by atoms with E-state index >= 15 is 0 Å². The molecule has 0 radical (unpaired) electrons.